The van der Waals surface area contributed by atoms with Crippen molar-refractivity contribution < 1.29 is 0 Å². The average Bonchev–Trinajstić information content (AvgIpc) is 2.28. The molecule has 2 rings (SSSR count). The van der Waals surface area contributed by atoms with E-state index < -0.39 is 0 Å². The molecule has 0 aromatic carbocycles. The normalized spacial score (nSPS) is 9.93. The highest BCUT2D eigenvalue weighted by Gasteiger charge is 1.96. The molecule has 0 spiro atoms. The van der Waals surface area contributed by atoms with Crippen molar-refractivity contribution in [2.24, 2.45) is 0 Å². The zero-order valence-electron chi connectivity index (χ0n) is 8.38. The van der Waals surface area contributed by atoms with Crippen molar-refractivity contribution in [2.45, 2.75) is 13.5 Å². The van der Waals surface area contributed by atoms with Crippen LogP contribution in [0.1, 0.15) is 11.5 Å². The molecule has 0 aliphatic heterocycles. The number of anilines is 1. The zero-order valence-corrected chi connectivity index (χ0v) is 8.38. The van der Waals surface area contributed by atoms with Gasteiger partial charge in [0.2, 0.25) is 5.95 Å². The van der Waals surface area contributed by atoms with Crippen LogP contribution in [0.5, 0.6) is 0 Å². The predicted molar refractivity (Wildman–Crippen MR) is 56.1 cm³/mol. The van der Waals surface area contributed by atoms with E-state index in [0.29, 0.717) is 12.5 Å². The summed E-state index contributed by atoms with van der Waals surface area (Å²) in [5.74, 6) is 1.37. The van der Waals surface area contributed by atoms with Crippen molar-refractivity contribution in [3.8, 4) is 0 Å². The van der Waals surface area contributed by atoms with Gasteiger partial charge in [0.25, 0.3) is 0 Å². The van der Waals surface area contributed by atoms with E-state index in [-0.39, 0.29) is 0 Å². The van der Waals surface area contributed by atoms with Crippen molar-refractivity contribution in [1.82, 2.24) is 19.9 Å². The van der Waals surface area contributed by atoms with Gasteiger partial charge in [0.1, 0.15) is 5.82 Å². The van der Waals surface area contributed by atoms with E-state index in [1.54, 1.807) is 24.7 Å². The molecule has 0 saturated carbocycles. The standard InChI is InChI=1S/C10H11N5/c1-8-11-6-3-9(15-8)7-14-10-12-4-2-5-13-10/h2-6H,7H2,1H3,(H,12,13,14). The molecule has 0 saturated heterocycles. The van der Waals surface area contributed by atoms with Gasteiger partial charge in [-0.25, -0.2) is 19.9 Å². The molecule has 2 aromatic rings. The summed E-state index contributed by atoms with van der Waals surface area (Å²) in [4.78, 5) is 16.4. The molecule has 2 heterocycles. The van der Waals surface area contributed by atoms with Gasteiger partial charge < -0.3 is 5.32 Å². The summed E-state index contributed by atoms with van der Waals surface area (Å²) in [6, 6.07) is 3.64. The minimum absolute atomic E-state index is 0.605. The fourth-order valence-corrected chi connectivity index (χ4v) is 1.16. The monoisotopic (exact) mass is 201 g/mol. The van der Waals surface area contributed by atoms with E-state index in [2.05, 4.69) is 25.3 Å². The smallest absolute Gasteiger partial charge is 0.222 e. The van der Waals surface area contributed by atoms with E-state index in [1.165, 1.54) is 0 Å². The molecule has 5 heteroatoms. The lowest BCUT2D eigenvalue weighted by molar-refractivity contribution is 0.940. The van der Waals surface area contributed by atoms with E-state index >= 15 is 0 Å². The van der Waals surface area contributed by atoms with Gasteiger partial charge in [-0.15, -0.1) is 0 Å². The lowest BCUT2D eigenvalue weighted by Crippen LogP contribution is -2.05. The minimum Gasteiger partial charge on any atom is -0.349 e. The summed E-state index contributed by atoms with van der Waals surface area (Å²) in [6.45, 7) is 2.47. The summed E-state index contributed by atoms with van der Waals surface area (Å²) in [5.41, 5.74) is 0.926. The summed E-state index contributed by atoms with van der Waals surface area (Å²) in [5, 5.41) is 3.08. The summed E-state index contributed by atoms with van der Waals surface area (Å²) in [7, 11) is 0. The molecule has 5 nitrogen and oxygen atoms in total. The van der Waals surface area contributed by atoms with Crippen LogP contribution < -0.4 is 5.32 Å². The van der Waals surface area contributed by atoms with E-state index in [1.807, 2.05) is 13.0 Å². The van der Waals surface area contributed by atoms with Crippen molar-refractivity contribution >= 4 is 5.95 Å². The third kappa shape index (κ3) is 2.70. The Morgan fingerprint density at radius 3 is 2.67 bits per heavy atom. The van der Waals surface area contributed by atoms with Crippen molar-refractivity contribution in [1.29, 1.82) is 0 Å². The molecule has 0 bridgehead atoms. The molecule has 0 atom stereocenters. The van der Waals surface area contributed by atoms with E-state index in [9.17, 15) is 0 Å². The number of nitrogens with one attached hydrogen (secondary N) is 1. The Kier molecular flexibility index (Phi) is 2.82. The van der Waals surface area contributed by atoms with Crippen molar-refractivity contribution in [2.75, 3.05) is 5.32 Å². The third-order valence-electron chi connectivity index (χ3n) is 1.83. The van der Waals surface area contributed by atoms with Crippen molar-refractivity contribution in [3.05, 3.63) is 42.2 Å². The number of rotatable bonds is 3. The highest BCUT2D eigenvalue weighted by molar-refractivity contribution is 5.23. The second-order valence-electron chi connectivity index (χ2n) is 3.02. The van der Waals surface area contributed by atoms with Gasteiger partial charge in [-0.2, -0.15) is 0 Å². The zero-order chi connectivity index (χ0) is 10.5. The van der Waals surface area contributed by atoms with Gasteiger partial charge in [0.05, 0.1) is 12.2 Å². The minimum atomic E-state index is 0.605. The first-order chi connectivity index (χ1) is 7.34. The van der Waals surface area contributed by atoms with Crippen molar-refractivity contribution in [3.63, 3.8) is 0 Å². The lowest BCUT2D eigenvalue weighted by Gasteiger charge is -2.03. The highest BCUT2D eigenvalue weighted by atomic mass is 15.1. The number of hydrogen-bond acceptors (Lipinski definition) is 5. The van der Waals surface area contributed by atoms with Gasteiger partial charge in [-0.1, -0.05) is 0 Å². The topological polar surface area (TPSA) is 63.6 Å². The van der Waals surface area contributed by atoms with Gasteiger partial charge in [0.15, 0.2) is 0 Å². The molecule has 15 heavy (non-hydrogen) atoms. The Morgan fingerprint density at radius 1 is 1.13 bits per heavy atom. The quantitative estimate of drug-likeness (QED) is 0.808. The molecular formula is C10H11N5. The molecule has 1 N–H and O–H groups in total. The summed E-state index contributed by atoms with van der Waals surface area (Å²) in [6.07, 6.45) is 5.13. The Morgan fingerprint density at radius 2 is 1.93 bits per heavy atom. The van der Waals surface area contributed by atoms with Crippen LogP contribution in [0.3, 0.4) is 0 Å². The van der Waals surface area contributed by atoms with Gasteiger partial charge in [0, 0.05) is 18.6 Å². The maximum atomic E-state index is 4.26. The SMILES string of the molecule is Cc1nccc(CNc2ncccn2)n1. The summed E-state index contributed by atoms with van der Waals surface area (Å²) < 4.78 is 0. The fourth-order valence-electron chi connectivity index (χ4n) is 1.16. The lowest BCUT2D eigenvalue weighted by atomic mass is 10.4. The van der Waals surface area contributed by atoms with Crippen LogP contribution >= 0.6 is 0 Å². The highest BCUT2D eigenvalue weighted by Crippen LogP contribution is 1.99. The molecule has 76 valence electrons. The molecule has 2 aromatic heterocycles. The van der Waals surface area contributed by atoms with Crippen LogP contribution in [0.15, 0.2) is 30.7 Å². The largest absolute Gasteiger partial charge is 0.349 e. The fraction of sp³-hybridized carbons (Fsp3) is 0.200. The summed E-state index contributed by atoms with van der Waals surface area (Å²) >= 11 is 0. The van der Waals surface area contributed by atoms with Crippen LogP contribution in [-0.2, 0) is 6.54 Å². The molecule has 0 unspecified atom stereocenters. The van der Waals surface area contributed by atoms with Crippen LogP contribution in [0, 0.1) is 6.92 Å². The first kappa shape index (κ1) is 9.51. The predicted octanol–water partition coefficient (Wildman–Crippen LogP) is 1.19. The van der Waals surface area contributed by atoms with Gasteiger partial charge >= 0.3 is 0 Å². The number of aryl methyl sites for hydroxylation is 1. The molecular weight excluding hydrogens is 190 g/mol. The third-order valence-corrected chi connectivity index (χ3v) is 1.83. The van der Waals surface area contributed by atoms with Crippen LogP contribution in [0.2, 0.25) is 0 Å². The number of nitrogens with zero attached hydrogens (tertiary/aromatic N) is 4. The van der Waals surface area contributed by atoms with Crippen LogP contribution in [0.25, 0.3) is 0 Å². The van der Waals surface area contributed by atoms with Crippen LogP contribution in [0.4, 0.5) is 5.95 Å². The van der Waals surface area contributed by atoms with E-state index in [4.69, 9.17) is 0 Å². The van der Waals surface area contributed by atoms with Gasteiger partial charge in [-0.05, 0) is 19.1 Å². The molecule has 0 aliphatic rings. The Hall–Kier alpha value is -2.04. The second kappa shape index (κ2) is 4.45. The van der Waals surface area contributed by atoms with E-state index in [0.717, 1.165) is 11.5 Å². The molecule has 0 radical (unpaired) electrons. The first-order valence-corrected chi connectivity index (χ1v) is 4.64. The second-order valence-corrected chi connectivity index (χ2v) is 3.02. The Balaban J connectivity index is 1.99. The molecule has 0 amide bonds. The number of aromatic nitrogens is 4. The first-order valence-electron chi connectivity index (χ1n) is 4.64. The van der Waals surface area contributed by atoms with Crippen LogP contribution in [-0.4, -0.2) is 19.9 Å². The maximum Gasteiger partial charge on any atom is 0.222 e. The maximum absolute atomic E-state index is 4.26. The molecule has 0 aliphatic carbocycles. The van der Waals surface area contributed by atoms with Gasteiger partial charge in [-0.3, -0.25) is 0 Å². The Bertz CT molecular complexity index is 429. The average molecular weight is 201 g/mol. The number of hydrogen-bond donors (Lipinski definition) is 1. The molecule has 0 fully saturated rings. The Labute approximate surface area is 87.6 Å².